The maximum Gasteiger partial charge on any atom is 0.303 e. The first-order valence-corrected chi connectivity index (χ1v) is 10.0. The van der Waals surface area contributed by atoms with Crippen molar-refractivity contribution in [2.75, 3.05) is 17.7 Å². The average molecular weight is 416 g/mol. The van der Waals surface area contributed by atoms with Crippen molar-refractivity contribution in [3.63, 3.8) is 0 Å². The van der Waals surface area contributed by atoms with Gasteiger partial charge in [-0.2, -0.15) is 0 Å². The van der Waals surface area contributed by atoms with Crippen molar-refractivity contribution < 1.29 is 24.2 Å². The summed E-state index contributed by atoms with van der Waals surface area (Å²) in [5.41, 5.74) is 1.22. The van der Waals surface area contributed by atoms with Crippen LogP contribution in [0.15, 0.2) is 53.4 Å². The van der Waals surface area contributed by atoms with Crippen molar-refractivity contribution in [1.29, 1.82) is 0 Å². The van der Waals surface area contributed by atoms with E-state index >= 15 is 0 Å². The zero-order valence-electron chi connectivity index (χ0n) is 16.3. The van der Waals surface area contributed by atoms with Gasteiger partial charge in [0.2, 0.25) is 11.8 Å². The van der Waals surface area contributed by atoms with E-state index in [2.05, 4.69) is 10.6 Å². The molecule has 0 saturated carbocycles. The van der Waals surface area contributed by atoms with Crippen molar-refractivity contribution in [1.82, 2.24) is 0 Å². The number of thioether (sulfide) groups is 1. The van der Waals surface area contributed by atoms with Crippen LogP contribution in [0, 0.1) is 0 Å². The maximum absolute atomic E-state index is 12.7. The van der Waals surface area contributed by atoms with Gasteiger partial charge in [0.05, 0.1) is 18.8 Å². The van der Waals surface area contributed by atoms with Crippen LogP contribution in [0.1, 0.15) is 26.2 Å². The van der Waals surface area contributed by atoms with Crippen LogP contribution in [-0.4, -0.2) is 35.2 Å². The van der Waals surface area contributed by atoms with E-state index < -0.39 is 5.97 Å². The third-order valence-corrected chi connectivity index (χ3v) is 5.32. The van der Waals surface area contributed by atoms with Gasteiger partial charge in [0.1, 0.15) is 5.75 Å². The Balaban J connectivity index is 1.99. The molecule has 0 bridgehead atoms. The molecule has 0 saturated heterocycles. The van der Waals surface area contributed by atoms with E-state index in [-0.39, 0.29) is 29.9 Å². The Morgan fingerprint density at radius 1 is 1.03 bits per heavy atom. The first kappa shape index (κ1) is 22.3. The number of carbonyl (C=O) groups excluding carboxylic acids is 2. The van der Waals surface area contributed by atoms with E-state index in [1.807, 2.05) is 13.0 Å². The topological polar surface area (TPSA) is 105 Å². The number of nitrogens with one attached hydrogen (secondary N) is 2. The van der Waals surface area contributed by atoms with Gasteiger partial charge in [-0.1, -0.05) is 19.1 Å². The molecule has 154 valence electrons. The molecular formula is C21H24N2O5S. The fourth-order valence-corrected chi connectivity index (χ4v) is 3.51. The first-order valence-electron chi connectivity index (χ1n) is 9.14. The molecule has 0 heterocycles. The Morgan fingerprint density at radius 3 is 2.38 bits per heavy atom. The lowest BCUT2D eigenvalue weighted by Crippen LogP contribution is -2.24. The smallest absolute Gasteiger partial charge is 0.303 e. The van der Waals surface area contributed by atoms with E-state index in [0.717, 1.165) is 4.90 Å². The molecule has 8 heteroatoms. The van der Waals surface area contributed by atoms with Gasteiger partial charge in [-0.05, 0) is 36.8 Å². The molecule has 3 N–H and O–H groups in total. The average Bonchev–Trinajstić information content (AvgIpc) is 2.70. The molecule has 2 amide bonds. The molecule has 1 unspecified atom stereocenters. The van der Waals surface area contributed by atoms with Crippen molar-refractivity contribution in [2.45, 2.75) is 36.3 Å². The largest absolute Gasteiger partial charge is 0.497 e. The summed E-state index contributed by atoms with van der Waals surface area (Å²) < 4.78 is 5.17. The van der Waals surface area contributed by atoms with Crippen LogP contribution < -0.4 is 15.4 Å². The fourth-order valence-electron chi connectivity index (χ4n) is 2.50. The Hall–Kier alpha value is -3.00. The van der Waals surface area contributed by atoms with Gasteiger partial charge in [-0.3, -0.25) is 14.4 Å². The van der Waals surface area contributed by atoms with Gasteiger partial charge in [0.25, 0.3) is 0 Å². The number of methoxy groups -OCH3 is 1. The van der Waals surface area contributed by atoms with Crippen LogP contribution in [0.2, 0.25) is 0 Å². The molecule has 2 rings (SSSR count). The molecule has 0 aromatic heterocycles. The minimum atomic E-state index is -1.02. The lowest BCUT2D eigenvalue weighted by molar-refractivity contribution is -0.138. The molecule has 2 aromatic carbocycles. The van der Waals surface area contributed by atoms with Crippen LogP contribution in [-0.2, 0) is 14.4 Å². The molecule has 0 spiro atoms. The van der Waals surface area contributed by atoms with Gasteiger partial charge in [-0.25, -0.2) is 0 Å². The predicted molar refractivity (Wildman–Crippen MR) is 114 cm³/mol. The summed E-state index contributed by atoms with van der Waals surface area (Å²) >= 11 is 1.40. The molecule has 0 fully saturated rings. The monoisotopic (exact) mass is 416 g/mol. The van der Waals surface area contributed by atoms with Gasteiger partial charge < -0.3 is 20.5 Å². The highest BCUT2D eigenvalue weighted by atomic mass is 32.2. The molecule has 0 radical (unpaired) electrons. The predicted octanol–water partition coefficient (Wildman–Crippen LogP) is 4.01. The highest BCUT2D eigenvalue weighted by Gasteiger charge is 2.18. The van der Waals surface area contributed by atoms with E-state index in [9.17, 15) is 14.4 Å². The number of carboxylic acid groups (broad SMARTS) is 1. The zero-order chi connectivity index (χ0) is 21.2. The number of carboxylic acids is 1. The number of rotatable bonds is 10. The van der Waals surface area contributed by atoms with Crippen LogP contribution in [0.3, 0.4) is 0 Å². The highest BCUT2D eigenvalue weighted by Crippen LogP contribution is 2.29. The van der Waals surface area contributed by atoms with Gasteiger partial charge in [0, 0.05) is 28.8 Å². The van der Waals surface area contributed by atoms with Gasteiger partial charge in [0.15, 0.2) is 0 Å². The van der Waals surface area contributed by atoms with Crippen LogP contribution in [0.4, 0.5) is 11.4 Å². The fraction of sp³-hybridized carbons (Fsp3) is 0.286. The number of aliphatic carboxylic acids is 1. The number of anilines is 2. The van der Waals surface area contributed by atoms with Gasteiger partial charge >= 0.3 is 5.97 Å². The Bertz CT molecular complexity index is 872. The number of amides is 2. The summed E-state index contributed by atoms with van der Waals surface area (Å²) in [6.07, 6.45) is 0.311. The summed E-state index contributed by atoms with van der Waals surface area (Å²) in [6, 6.07) is 14.3. The van der Waals surface area contributed by atoms with Crippen molar-refractivity contribution in [3.8, 4) is 5.75 Å². The van der Waals surface area contributed by atoms with E-state index in [4.69, 9.17) is 9.84 Å². The highest BCUT2D eigenvalue weighted by molar-refractivity contribution is 8.00. The van der Waals surface area contributed by atoms with Crippen LogP contribution in [0.25, 0.3) is 0 Å². The summed E-state index contributed by atoms with van der Waals surface area (Å²) in [7, 11) is 1.57. The van der Waals surface area contributed by atoms with E-state index in [1.165, 1.54) is 11.8 Å². The summed E-state index contributed by atoms with van der Waals surface area (Å²) in [5, 5.41) is 13.9. The third-order valence-electron chi connectivity index (χ3n) is 3.96. The number of hydrogen-bond donors (Lipinski definition) is 3. The summed E-state index contributed by atoms with van der Waals surface area (Å²) in [4.78, 5) is 35.9. The second-order valence-electron chi connectivity index (χ2n) is 6.21. The maximum atomic E-state index is 12.7. The normalized spacial score (nSPS) is 11.4. The molecule has 2 aromatic rings. The minimum absolute atomic E-state index is 0.0900. The number of ether oxygens (including phenoxy) is 1. The molecule has 0 aliphatic heterocycles. The molecule has 1 atom stereocenters. The van der Waals surface area contributed by atoms with Crippen LogP contribution >= 0.6 is 11.8 Å². The quantitative estimate of drug-likeness (QED) is 0.506. The Morgan fingerprint density at radius 2 is 1.72 bits per heavy atom. The number of hydrogen-bond acceptors (Lipinski definition) is 5. The van der Waals surface area contributed by atoms with Crippen molar-refractivity contribution >= 4 is 40.9 Å². The standard InChI is InChI=1S/C21H24N2O5S/c1-3-18(21(27)23-14-6-4-8-16(12-14)28-2)29-17-9-5-7-15(13-17)22-19(24)10-11-20(25)26/h4-9,12-13,18H,3,10-11H2,1-2H3,(H,22,24)(H,23,27)(H,25,26). The number of benzene rings is 2. The molecule has 29 heavy (non-hydrogen) atoms. The lowest BCUT2D eigenvalue weighted by atomic mass is 10.2. The molecule has 7 nitrogen and oxygen atoms in total. The minimum Gasteiger partial charge on any atom is -0.497 e. The molecule has 0 aliphatic carbocycles. The zero-order valence-corrected chi connectivity index (χ0v) is 17.1. The number of carbonyl (C=O) groups is 3. The molecular weight excluding hydrogens is 392 g/mol. The van der Waals surface area contributed by atoms with E-state index in [0.29, 0.717) is 23.5 Å². The Kier molecular flexibility index (Phi) is 8.54. The summed E-state index contributed by atoms with van der Waals surface area (Å²) in [5.74, 6) is -0.842. The molecule has 0 aliphatic rings. The Labute approximate surface area is 173 Å². The van der Waals surface area contributed by atoms with Gasteiger partial charge in [-0.15, -0.1) is 11.8 Å². The lowest BCUT2D eigenvalue weighted by Gasteiger charge is -2.16. The second kappa shape index (κ2) is 11.1. The second-order valence-corrected chi connectivity index (χ2v) is 7.48. The summed E-state index contributed by atoms with van der Waals surface area (Å²) in [6.45, 7) is 1.93. The SMILES string of the molecule is CCC(Sc1cccc(NC(=O)CCC(=O)O)c1)C(=O)Nc1cccc(OC)c1. The van der Waals surface area contributed by atoms with E-state index in [1.54, 1.807) is 49.6 Å². The third kappa shape index (κ3) is 7.50. The first-order chi connectivity index (χ1) is 13.9. The van der Waals surface area contributed by atoms with Crippen molar-refractivity contribution in [3.05, 3.63) is 48.5 Å². The van der Waals surface area contributed by atoms with Crippen LogP contribution in [0.5, 0.6) is 5.75 Å². The van der Waals surface area contributed by atoms with Crippen molar-refractivity contribution in [2.24, 2.45) is 0 Å².